The number of oxime groups is 1. The smallest absolute Gasteiger partial charge is 0.243 e. The fourth-order valence-corrected chi connectivity index (χ4v) is 6.64. The summed E-state index contributed by atoms with van der Waals surface area (Å²) in [4.78, 5) is 17.1. The summed E-state index contributed by atoms with van der Waals surface area (Å²) in [6.07, 6.45) is 8.20. The number of fused-ring (bicyclic) bond motifs is 3. The van der Waals surface area contributed by atoms with Crippen LogP contribution in [0, 0.1) is 39.9 Å². The zero-order valence-corrected chi connectivity index (χ0v) is 17.4. The number of carbonyl (C=O) groups is 1. The largest absolute Gasteiger partial charge is 0.368 e. The van der Waals surface area contributed by atoms with Gasteiger partial charge in [0, 0.05) is 12.1 Å². The first-order chi connectivity index (χ1) is 12.7. The summed E-state index contributed by atoms with van der Waals surface area (Å²) >= 11 is 0. The van der Waals surface area contributed by atoms with E-state index >= 15 is 0 Å². The molecule has 5 nitrogen and oxygen atoms in total. The van der Waals surface area contributed by atoms with Crippen molar-refractivity contribution in [2.75, 3.05) is 6.61 Å². The van der Waals surface area contributed by atoms with Gasteiger partial charge in [-0.15, -0.1) is 0 Å². The minimum Gasteiger partial charge on any atom is -0.368 e. The Bertz CT molecular complexity index is 606. The zero-order valence-electron chi connectivity index (χ0n) is 17.4. The third-order valence-electron chi connectivity index (χ3n) is 8.75. The van der Waals surface area contributed by atoms with Crippen LogP contribution < -0.4 is 0 Å². The highest BCUT2D eigenvalue weighted by atomic mass is 16.6. The van der Waals surface area contributed by atoms with Gasteiger partial charge in [0.25, 0.3) is 0 Å². The molecule has 152 valence electrons. The number of ketones is 1. The van der Waals surface area contributed by atoms with Crippen LogP contribution in [0.5, 0.6) is 0 Å². The number of nitrogens with zero attached hydrogens (tertiary/aromatic N) is 1. The maximum atomic E-state index is 12.3. The number of ether oxygens (including phenoxy) is 1. The molecule has 7 unspecified atom stereocenters. The van der Waals surface area contributed by atoms with Crippen LogP contribution in [0.15, 0.2) is 5.16 Å². The summed E-state index contributed by atoms with van der Waals surface area (Å²) in [7, 11) is 0. The second-order valence-corrected chi connectivity index (χ2v) is 9.70. The van der Waals surface area contributed by atoms with Crippen LogP contribution in [-0.4, -0.2) is 31.1 Å². The van der Waals surface area contributed by atoms with Crippen LogP contribution in [0.1, 0.15) is 72.6 Å². The van der Waals surface area contributed by atoms with Gasteiger partial charge in [-0.2, -0.15) is 0 Å². The van der Waals surface area contributed by atoms with E-state index in [1.807, 2.05) is 0 Å². The summed E-state index contributed by atoms with van der Waals surface area (Å²) < 4.78 is 5.93. The molecule has 0 aromatic rings. The molecule has 0 aromatic heterocycles. The van der Waals surface area contributed by atoms with Gasteiger partial charge < -0.3 is 9.57 Å². The van der Waals surface area contributed by atoms with Gasteiger partial charge in [-0.25, -0.2) is 0 Å². The Hall–Kier alpha value is -1.23. The van der Waals surface area contributed by atoms with E-state index in [1.54, 1.807) is 6.92 Å². The SMILES string of the molecule is C=NOC(=N)COC1CCC2(C)C(CCC3C(C)C(C)(C(C)=O)CCC32)C1. The molecule has 3 aliphatic carbocycles. The van der Waals surface area contributed by atoms with Gasteiger partial charge in [-0.1, -0.05) is 25.9 Å². The molecule has 5 heteroatoms. The third-order valence-corrected chi connectivity index (χ3v) is 8.75. The Kier molecular flexibility index (Phi) is 5.81. The normalized spacial score (nSPS) is 43.9. The van der Waals surface area contributed by atoms with Crippen LogP contribution in [0.4, 0.5) is 0 Å². The van der Waals surface area contributed by atoms with Crippen LogP contribution in [0.25, 0.3) is 0 Å². The molecule has 0 bridgehead atoms. The fraction of sp³-hybridized carbons (Fsp3) is 0.864. The minimum atomic E-state index is -0.135. The van der Waals surface area contributed by atoms with E-state index < -0.39 is 0 Å². The van der Waals surface area contributed by atoms with Crippen LogP contribution >= 0.6 is 0 Å². The first-order valence-corrected chi connectivity index (χ1v) is 10.6. The van der Waals surface area contributed by atoms with E-state index in [9.17, 15) is 4.79 Å². The van der Waals surface area contributed by atoms with Crippen molar-refractivity contribution in [2.45, 2.75) is 78.7 Å². The van der Waals surface area contributed by atoms with Gasteiger partial charge >= 0.3 is 0 Å². The lowest BCUT2D eigenvalue weighted by atomic mass is 9.44. The fourth-order valence-electron chi connectivity index (χ4n) is 6.64. The van der Waals surface area contributed by atoms with Gasteiger partial charge in [0.1, 0.15) is 12.4 Å². The van der Waals surface area contributed by atoms with Crippen LogP contribution in [-0.2, 0) is 14.4 Å². The number of hydrogen-bond donors (Lipinski definition) is 1. The van der Waals surface area contributed by atoms with Gasteiger partial charge in [-0.05, 0) is 81.0 Å². The van der Waals surface area contributed by atoms with Crippen molar-refractivity contribution in [3.8, 4) is 0 Å². The van der Waals surface area contributed by atoms with E-state index in [2.05, 4.69) is 32.6 Å². The molecule has 0 heterocycles. The van der Waals surface area contributed by atoms with Gasteiger partial charge in [0.15, 0.2) is 0 Å². The highest BCUT2D eigenvalue weighted by molar-refractivity contribution is 5.82. The number of Topliss-reactive ketones (excluding diaryl/α,β-unsaturated/α-hetero) is 1. The van der Waals surface area contributed by atoms with Crippen molar-refractivity contribution in [3.05, 3.63) is 0 Å². The summed E-state index contributed by atoms with van der Waals surface area (Å²) in [6.45, 7) is 12.2. The standard InChI is InChI=1S/C22H36N2O3/c1-14-18-7-6-16-12-17(26-13-20(23)27-24-5)8-10-22(16,4)19(18)9-11-21(14,3)15(2)25/h14,16-19,23H,5-13H2,1-4H3. The number of rotatable bonds is 5. The maximum Gasteiger partial charge on any atom is 0.243 e. The summed E-state index contributed by atoms with van der Waals surface area (Å²) in [5.41, 5.74) is 0.228. The summed E-state index contributed by atoms with van der Waals surface area (Å²) in [6, 6.07) is 0. The molecule has 27 heavy (non-hydrogen) atoms. The molecular formula is C22H36N2O3. The lowest BCUT2D eigenvalue weighted by Gasteiger charge is -2.60. The molecule has 0 saturated heterocycles. The molecule has 3 fully saturated rings. The summed E-state index contributed by atoms with van der Waals surface area (Å²) in [5.74, 6) is 2.95. The molecule has 1 N–H and O–H groups in total. The Labute approximate surface area is 163 Å². The van der Waals surface area contributed by atoms with Crippen LogP contribution in [0.2, 0.25) is 0 Å². The minimum absolute atomic E-state index is 0.0201. The lowest BCUT2D eigenvalue weighted by molar-refractivity contribution is -0.150. The predicted octanol–water partition coefficient (Wildman–Crippen LogP) is 4.84. The molecule has 3 saturated carbocycles. The van der Waals surface area contributed by atoms with E-state index in [4.69, 9.17) is 15.0 Å². The topological polar surface area (TPSA) is 71.7 Å². The third kappa shape index (κ3) is 3.59. The Morgan fingerprint density at radius 3 is 2.63 bits per heavy atom. The molecule has 0 aromatic carbocycles. The molecular weight excluding hydrogens is 340 g/mol. The second kappa shape index (κ2) is 7.65. The van der Waals surface area contributed by atoms with Crippen molar-refractivity contribution in [2.24, 2.45) is 39.7 Å². The van der Waals surface area contributed by atoms with E-state index in [0.717, 1.165) is 25.2 Å². The zero-order chi connectivity index (χ0) is 19.8. The summed E-state index contributed by atoms with van der Waals surface area (Å²) in [5, 5.41) is 10.9. The van der Waals surface area contributed by atoms with E-state index in [1.165, 1.54) is 25.7 Å². The van der Waals surface area contributed by atoms with Gasteiger partial charge in [0.05, 0.1) is 6.10 Å². The molecule has 0 spiro atoms. The van der Waals surface area contributed by atoms with Crippen molar-refractivity contribution in [3.63, 3.8) is 0 Å². The maximum absolute atomic E-state index is 12.3. The number of carbonyl (C=O) groups excluding carboxylic acids is 1. The molecule has 0 amide bonds. The monoisotopic (exact) mass is 376 g/mol. The van der Waals surface area contributed by atoms with E-state index in [0.29, 0.717) is 29.0 Å². The first kappa shape index (κ1) is 20.5. The van der Waals surface area contributed by atoms with Gasteiger partial charge in [0.2, 0.25) is 5.90 Å². The van der Waals surface area contributed by atoms with Crippen molar-refractivity contribution >= 4 is 18.4 Å². The molecule has 3 rings (SSSR count). The Balaban J connectivity index is 1.66. The Morgan fingerprint density at radius 1 is 1.22 bits per heavy atom. The molecule has 7 atom stereocenters. The molecule has 0 aliphatic heterocycles. The highest BCUT2D eigenvalue weighted by Gasteiger charge is 2.56. The Morgan fingerprint density at radius 2 is 1.96 bits per heavy atom. The van der Waals surface area contributed by atoms with Crippen molar-refractivity contribution < 1.29 is 14.4 Å². The predicted molar refractivity (Wildman–Crippen MR) is 107 cm³/mol. The number of hydrogen-bond acceptors (Lipinski definition) is 5. The van der Waals surface area contributed by atoms with Crippen molar-refractivity contribution in [1.82, 2.24) is 0 Å². The van der Waals surface area contributed by atoms with Crippen molar-refractivity contribution in [1.29, 1.82) is 5.41 Å². The average Bonchev–Trinajstić information content (AvgIpc) is 2.63. The van der Waals surface area contributed by atoms with Crippen LogP contribution in [0.3, 0.4) is 0 Å². The molecule has 0 radical (unpaired) electrons. The highest BCUT2D eigenvalue weighted by Crippen LogP contribution is 2.63. The lowest BCUT2D eigenvalue weighted by Crippen LogP contribution is -2.55. The van der Waals surface area contributed by atoms with Gasteiger partial charge in [-0.3, -0.25) is 10.2 Å². The first-order valence-electron chi connectivity index (χ1n) is 10.6. The number of nitrogens with one attached hydrogen (secondary N) is 1. The second-order valence-electron chi connectivity index (χ2n) is 9.70. The molecule has 3 aliphatic rings. The van der Waals surface area contributed by atoms with E-state index in [-0.39, 0.29) is 24.0 Å². The average molecular weight is 377 g/mol. The quantitative estimate of drug-likeness (QED) is 0.424.